The summed E-state index contributed by atoms with van der Waals surface area (Å²) in [6.45, 7) is 3.08. The van der Waals surface area contributed by atoms with Crippen LogP contribution in [0.3, 0.4) is 0 Å². The Morgan fingerprint density at radius 1 is 0.667 bits per heavy atom. The number of carbonyl (C=O) groups excluding carboxylic acids is 2. The molecule has 0 unspecified atom stereocenters. The number of para-hydroxylation sites is 2. The molecule has 0 N–H and O–H groups in total. The average Bonchev–Trinajstić information content (AvgIpc) is 3.23. The summed E-state index contributed by atoms with van der Waals surface area (Å²) in [5.41, 5.74) is 2.67. The van der Waals surface area contributed by atoms with Gasteiger partial charge in [0.15, 0.2) is 11.6 Å². The molecule has 0 atom stereocenters. The van der Waals surface area contributed by atoms with E-state index in [1.807, 2.05) is 36.4 Å². The second-order valence-electron chi connectivity index (χ2n) is 5.40. The van der Waals surface area contributed by atoms with Crippen molar-refractivity contribution in [2.75, 3.05) is 0 Å². The summed E-state index contributed by atoms with van der Waals surface area (Å²) < 4.78 is 10.4. The number of fused-ring (bicyclic) bond motifs is 2. The third kappa shape index (κ3) is 2.99. The summed E-state index contributed by atoms with van der Waals surface area (Å²) in [5.74, 6) is 0.0751. The lowest BCUT2D eigenvalue weighted by atomic mass is 10.1. The molecule has 4 nitrogen and oxygen atoms in total. The molecule has 2 aromatic carbocycles. The van der Waals surface area contributed by atoms with Gasteiger partial charge < -0.3 is 8.83 Å². The van der Waals surface area contributed by atoms with Crippen LogP contribution in [0.25, 0.3) is 21.9 Å². The van der Waals surface area contributed by atoms with Gasteiger partial charge in [-0.15, -0.1) is 0 Å². The van der Waals surface area contributed by atoms with Crippen LogP contribution in [0.2, 0.25) is 0 Å². The number of rotatable bonds is 2. The molecule has 0 saturated heterocycles. The predicted octanol–water partition coefficient (Wildman–Crippen LogP) is 5.27. The Balaban J connectivity index is 0.000000141. The van der Waals surface area contributed by atoms with Crippen molar-refractivity contribution >= 4 is 33.5 Å². The van der Waals surface area contributed by atoms with Gasteiger partial charge in [0.2, 0.25) is 0 Å². The van der Waals surface area contributed by atoms with E-state index >= 15 is 0 Å². The van der Waals surface area contributed by atoms with Crippen molar-refractivity contribution in [3.8, 4) is 0 Å². The monoisotopic (exact) mass is 320 g/mol. The minimum Gasteiger partial charge on any atom is -0.464 e. The fourth-order valence-corrected chi connectivity index (χ4v) is 2.54. The van der Waals surface area contributed by atoms with E-state index in [-0.39, 0.29) is 11.6 Å². The molecule has 0 bridgehead atoms. The Hall–Kier alpha value is -3.14. The number of Topliss-reactive ketones (excluding diaryl/α,β-unsaturated/α-hetero) is 2. The molecular weight excluding hydrogens is 304 g/mol. The Labute approximate surface area is 138 Å². The van der Waals surface area contributed by atoms with Crippen LogP contribution in [0.1, 0.15) is 34.6 Å². The van der Waals surface area contributed by atoms with E-state index in [1.54, 1.807) is 24.7 Å². The van der Waals surface area contributed by atoms with Gasteiger partial charge in [-0.05, 0) is 38.1 Å². The maximum Gasteiger partial charge on any atom is 0.163 e. The van der Waals surface area contributed by atoms with Gasteiger partial charge in [0.05, 0.1) is 23.7 Å². The number of furan rings is 2. The van der Waals surface area contributed by atoms with Crippen LogP contribution in [-0.4, -0.2) is 11.6 Å². The summed E-state index contributed by atoms with van der Waals surface area (Å²) >= 11 is 0. The molecule has 0 spiro atoms. The molecule has 4 rings (SSSR count). The Bertz CT molecular complexity index is 936. The number of benzene rings is 2. The molecule has 0 saturated carbocycles. The van der Waals surface area contributed by atoms with Gasteiger partial charge in [-0.2, -0.15) is 0 Å². The zero-order valence-corrected chi connectivity index (χ0v) is 13.4. The molecule has 4 aromatic rings. The maximum absolute atomic E-state index is 11.1. The van der Waals surface area contributed by atoms with Crippen molar-refractivity contribution in [3.05, 3.63) is 72.2 Å². The van der Waals surface area contributed by atoms with Crippen molar-refractivity contribution in [1.29, 1.82) is 0 Å². The fraction of sp³-hybridized carbons (Fsp3) is 0.100. The molecule has 0 radical (unpaired) electrons. The molecule has 0 aliphatic carbocycles. The van der Waals surface area contributed by atoms with Crippen LogP contribution in [0.5, 0.6) is 0 Å². The van der Waals surface area contributed by atoms with E-state index in [1.165, 1.54) is 13.8 Å². The Morgan fingerprint density at radius 3 is 1.46 bits per heavy atom. The van der Waals surface area contributed by atoms with E-state index in [9.17, 15) is 9.59 Å². The summed E-state index contributed by atoms with van der Waals surface area (Å²) in [6.07, 6.45) is 3.19. The second-order valence-corrected chi connectivity index (χ2v) is 5.40. The smallest absolute Gasteiger partial charge is 0.163 e. The van der Waals surface area contributed by atoms with Gasteiger partial charge in [-0.25, -0.2) is 0 Å². The molecule has 2 aromatic heterocycles. The first-order valence-electron chi connectivity index (χ1n) is 7.52. The van der Waals surface area contributed by atoms with E-state index in [0.29, 0.717) is 22.3 Å². The van der Waals surface area contributed by atoms with Gasteiger partial charge in [-0.3, -0.25) is 9.59 Å². The predicted molar refractivity (Wildman–Crippen MR) is 92.4 cm³/mol. The normalized spacial score (nSPS) is 10.4. The van der Waals surface area contributed by atoms with Crippen LogP contribution >= 0.6 is 0 Å². The van der Waals surface area contributed by atoms with Crippen LogP contribution in [0, 0.1) is 0 Å². The zero-order chi connectivity index (χ0) is 17.1. The third-order valence-corrected chi connectivity index (χ3v) is 3.72. The molecular formula is C20H16O4. The fourth-order valence-electron chi connectivity index (χ4n) is 2.54. The molecule has 4 heteroatoms. The minimum absolute atomic E-state index is 0.0375. The standard InChI is InChI=1S/2C10H8O2/c2*1-7(11)9-4-2-3-8-5-6-12-10(8)9/h2*2-6H,1H3. The number of carbonyl (C=O) groups is 2. The van der Waals surface area contributed by atoms with Crippen LogP contribution in [0.4, 0.5) is 0 Å². The second kappa shape index (κ2) is 6.54. The largest absolute Gasteiger partial charge is 0.464 e. The highest BCUT2D eigenvalue weighted by atomic mass is 16.3. The molecule has 0 amide bonds. The van der Waals surface area contributed by atoms with Crippen LogP contribution in [0.15, 0.2) is 69.9 Å². The lowest BCUT2D eigenvalue weighted by Gasteiger charge is -1.94. The molecule has 0 fully saturated rings. The lowest BCUT2D eigenvalue weighted by Crippen LogP contribution is -1.90. The lowest BCUT2D eigenvalue weighted by molar-refractivity contribution is 0.101. The molecule has 24 heavy (non-hydrogen) atoms. The quantitative estimate of drug-likeness (QED) is 0.472. The van der Waals surface area contributed by atoms with Crippen LogP contribution < -0.4 is 0 Å². The summed E-state index contributed by atoms with van der Waals surface area (Å²) in [4.78, 5) is 22.2. The Kier molecular flexibility index (Phi) is 4.29. The molecule has 0 aliphatic rings. The van der Waals surface area contributed by atoms with Crippen molar-refractivity contribution in [1.82, 2.24) is 0 Å². The molecule has 120 valence electrons. The van der Waals surface area contributed by atoms with E-state index in [2.05, 4.69) is 0 Å². The number of ketones is 2. The summed E-state index contributed by atoms with van der Waals surface area (Å²) in [6, 6.07) is 14.8. The summed E-state index contributed by atoms with van der Waals surface area (Å²) in [5, 5.41) is 1.95. The van der Waals surface area contributed by atoms with Crippen molar-refractivity contribution in [2.24, 2.45) is 0 Å². The Morgan fingerprint density at radius 2 is 1.08 bits per heavy atom. The van der Waals surface area contributed by atoms with Gasteiger partial charge in [0, 0.05) is 10.8 Å². The van der Waals surface area contributed by atoms with Gasteiger partial charge in [0.1, 0.15) is 11.2 Å². The SMILES string of the molecule is CC(=O)c1cccc2ccoc12.CC(=O)c1cccc2ccoc12. The van der Waals surface area contributed by atoms with E-state index < -0.39 is 0 Å². The first-order chi connectivity index (χ1) is 11.6. The van der Waals surface area contributed by atoms with Crippen molar-refractivity contribution < 1.29 is 18.4 Å². The highest BCUT2D eigenvalue weighted by Gasteiger charge is 2.07. The first kappa shape index (κ1) is 15.7. The summed E-state index contributed by atoms with van der Waals surface area (Å²) in [7, 11) is 0. The zero-order valence-electron chi connectivity index (χ0n) is 13.4. The maximum atomic E-state index is 11.1. The van der Waals surface area contributed by atoms with Gasteiger partial charge >= 0.3 is 0 Å². The topological polar surface area (TPSA) is 60.4 Å². The number of hydrogen-bond acceptors (Lipinski definition) is 4. The molecule has 2 heterocycles. The minimum atomic E-state index is 0.0375. The average molecular weight is 320 g/mol. The van der Waals surface area contributed by atoms with Gasteiger partial charge in [-0.1, -0.05) is 24.3 Å². The number of hydrogen-bond donors (Lipinski definition) is 0. The van der Waals surface area contributed by atoms with E-state index in [0.717, 1.165) is 10.8 Å². The highest BCUT2D eigenvalue weighted by Crippen LogP contribution is 2.20. The highest BCUT2D eigenvalue weighted by molar-refractivity contribution is 6.05. The molecule has 0 aliphatic heterocycles. The van der Waals surface area contributed by atoms with Crippen LogP contribution in [-0.2, 0) is 0 Å². The van der Waals surface area contributed by atoms with E-state index in [4.69, 9.17) is 8.83 Å². The third-order valence-electron chi connectivity index (χ3n) is 3.72. The van der Waals surface area contributed by atoms with Gasteiger partial charge in [0.25, 0.3) is 0 Å². The van der Waals surface area contributed by atoms with Crippen molar-refractivity contribution in [2.45, 2.75) is 13.8 Å². The van der Waals surface area contributed by atoms with Crippen molar-refractivity contribution in [3.63, 3.8) is 0 Å². The first-order valence-corrected chi connectivity index (χ1v) is 7.52.